The summed E-state index contributed by atoms with van der Waals surface area (Å²) in [4.78, 5) is 18.6. The highest BCUT2D eigenvalue weighted by atomic mass is 35.5. The molecule has 1 unspecified atom stereocenters. The van der Waals surface area contributed by atoms with E-state index in [-0.39, 0.29) is 25.0 Å². The summed E-state index contributed by atoms with van der Waals surface area (Å²) in [7, 11) is -3.02. The first kappa shape index (κ1) is 13.1. The first-order valence-corrected chi connectivity index (χ1v) is 5.06. The third-order valence-corrected chi connectivity index (χ3v) is 1.97. The highest BCUT2D eigenvalue weighted by Crippen LogP contribution is 2.35. The van der Waals surface area contributed by atoms with Crippen LogP contribution in [-0.4, -0.2) is 23.0 Å². The average Bonchev–Trinajstić information content (AvgIpc) is 1.59. The molecule has 0 aromatic rings. The monoisotopic (exact) mass is 206 g/mol. The van der Waals surface area contributed by atoms with Crippen molar-refractivity contribution in [3.63, 3.8) is 0 Å². The Balaban J connectivity index is 0. The van der Waals surface area contributed by atoms with Crippen molar-refractivity contribution in [2.24, 2.45) is 0 Å². The molecule has 0 aromatic carbocycles. The summed E-state index contributed by atoms with van der Waals surface area (Å²) in [6.07, 6.45) is -0.0405. The van der Waals surface area contributed by atoms with Crippen molar-refractivity contribution in [1.29, 1.82) is 0 Å². The quantitative estimate of drug-likeness (QED) is 0.562. The van der Waals surface area contributed by atoms with E-state index in [0.29, 0.717) is 0 Å². The zero-order chi connectivity index (χ0) is 7.49. The maximum Gasteiger partial charge on any atom is 0.222 e. The van der Waals surface area contributed by atoms with Crippen LogP contribution in [0, 0.1) is 0 Å². The predicted octanol–water partition coefficient (Wildman–Crippen LogP) is 1.46. The molecule has 62 valence electrons. The fourth-order valence-corrected chi connectivity index (χ4v) is 1.14. The lowest BCUT2D eigenvalue weighted by atomic mass is 10.6. The van der Waals surface area contributed by atoms with Crippen LogP contribution < -0.4 is 0 Å². The van der Waals surface area contributed by atoms with Crippen LogP contribution in [0.4, 0.5) is 0 Å². The lowest BCUT2D eigenvalue weighted by Gasteiger charge is -1.99. The molecule has 0 rings (SSSR count). The van der Waals surface area contributed by atoms with Crippen LogP contribution >= 0.6 is 31.4 Å². The molecule has 0 radical (unpaired) electrons. The second kappa shape index (κ2) is 5.14. The van der Waals surface area contributed by atoms with Gasteiger partial charge in [-0.15, -0.1) is 12.4 Å². The molecule has 0 amide bonds. The standard InChI is InChI=1S/C4H8ClO3P.ClH/c1-9(7,8)3-2-4(5)6;/h2-3H2,1H3,(H,7,8);1H. The van der Waals surface area contributed by atoms with Crippen molar-refractivity contribution in [3.05, 3.63) is 0 Å². The fourth-order valence-electron chi connectivity index (χ4n) is 0.295. The van der Waals surface area contributed by atoms with Gasteiger partial charge in [0.15, 0.2) is 7.37 Å². The summed E-state index contributed by atoms with van der Waals surface area (Å²) >= 11 is 4.91. The molecule has 1 N–H and O–H groups in total. The van der Waals surface area contributed by atoms with Crippen molar-refractivity contribution in [2.75, 3.05) is 12.8 Å². The van der Waals surface area contributed by atoms with Crippen LogP contribution in [0.25, 0.3) is 0 Å². The number of carbonyl (C=O) groups excluding carboxylic acids is 1. The smallest absolute Gasteiger partial charge is 0.222 e. The molecule has 6 heteroatoms. The first-order chi connectivity index (χ1) is 3.92. The Hall–Kier alpha value is 0.440. The predicted molar refractivity (Wildman–Crippen MR) is 43.3 cm³/mol. The molecule has 0 aliphatic rings. The molecule has 0 aromatic heterocycles. The first-order valence-electron chi connectivity index (χ1n) is 2.39. The summed E-state index contributed by atoms with van der Waals surface area (Å²) in [6, 6.07) is 0. The van der Waals surface area contributed by atoms with Crippen molar-refractivity contribution in [2.45, 2.75) is 6.42 Å². The largest absolute Gasteiger partial charge is 0.344 e. The molecular weight excluding hydrogens is 198 g/mol. The minimum Gasteiger partial charge on any atom is -0.344 e. The lowest BCUT2D eigenvalue weighted by Crippen LogP contribution is -1.92. The van der Waals surface area contributed by atoms with Crippen LogP contribution in [-0.2, 0) is 9.36 Å². The Labute approximate surface area is 70.6 Å². The normalized spacial score (nSPS) is 15.1. The second-order valence-corrected chi connectivity index (χ2v) is 4.85. The van der Waals surface area contributed by atoms with Gasteiger partial charge in [0.2, 0.25) is 5.24 Å². The van der Waals surface area contributed by atoms with Gasteiger partial charge in [0, 0.05) is 19.2 Å². The van der Waals surface area contributed by atoms with Gasteiger partial charge in [-0.1, -0.05) is 0 Å². The zero-order valence-electron chi connectivity index (χ0n) is 5.41. The number of hydrogen-bond acceptors (Lipinski definition) is 2. The van der Waals surface area contributed by atoms with Gasteiger partial charge >= 0.3 is 0 Å². The number of hydrogen-bond donors (Lipinski definition) is 1. The third kappa shape index (κ3) is 11.3. The van der Waals surface area contributed by atoms with Gasteiger partial charge in [-0.3, -0.25) is 9.36 Å². The Bertz CT molecular complexity index is 153. The molecular formula is C4H9Cl2O3P. The Kier molecular flexibility index (Phi) is 6.71. The van der Waals surface area contributed by atoms with Gasteiger partial charge in [-0.05, 0) is 11.6 Å². The van der Waals surface area contributed by atoms with Gasteiger partial charge < -0.3 is 4.89 Å². The maximum absolute atomic E-state index is 10.5. The maximum atomic E-state index is 10.5. The van der Waals surface area contributed by atoms with Gasteiger partial charge in [-0.25, -0.2) is 0 Å². The summed E-state index contributed by atoms with van der Waals surface area (Å²) in [5.74, 6) is 0. The Morgan fingerprint density at radius 3 is 2.20 bits per heavy atom. The molecule has 1 atom stereocenters. The van der Waals surface area contributed by atoms with Gasteiger partial charge in [0.25, 0.3) is 0 Å². The molecule has 0 saturated carbocycles. The summed E-state index contributed by atoms with van der Waals surface area (Å²) < 4.78 is 10.5. The van der Waals surface area contributed by atoms with Crippen LogP contribution in [0.3, 0.4) is 0 Å². The SMILES string of the molecule is CP(=O)(O)CCC(=O)Cl.Cl. The van der Waals surface area contributed by atoms with E-state index >= 15 is 0 Å². The van der Waals surface area contributed by atoms with Gasteiger partial charge in [0.1, 0.15) is 0 Å². The van der Waals surface area contributed by atoms with Gasteiger partial charge in [0.05, 0.1) is 0 Å². The number of carbonyl (C=O) groups is 1. The molecule has 10 heavy (non-hydrogen) atoms. The van der Waals surface area contributed by atoms with Gasteiger partial charge in [-0.2, -0.15) is 0 Å². The minimum absolute atomic E-state index is 0. The average molecular weight is 207 g/mol. The summed E-state index contributed by atoms with van der Waals surface area (Å²) in [6.45, 7) is 1.20. The Morgan fingerprint density at radius 2 is 2.10 bits per heavy atom. The van der Waals surface area contributed by atoms with E-state index in [2.05, 4.69) is 0 Å². The van der Waals surface area contributed by atoms with E-state index in [1.165, 1.54) is 6.66 Å². The molecule has 0 aliphatic heterocycles. The van der Waals surface area contributed by atoms with Crippen molar-refractivity contribution >= 4 is 36.6 Å². The van der Waals surface area contributed by atoms with E-state index in [1.54, 1.807) is 0 Å². The molecule has 0 fully saturated rings. The number of halogens is 2. The van der Waals surface area contributed by atoms with E-state index in [9.17, 15) is 9.36 Å². The van der Waals surface area contributed by atoms with Crippen LogP contribution in [0.15, 0.2) is 0 Å². The van der Waals surface area contributed by atoms with E-state index in [1.807, 2.05) is 0 Å². The van der Waals surface area contributed by atoms with E-state index < -0.39 is 12.6 Å². The third-order valence-electron chi connectivity index (χ3n) is 0.723. The highest BCUT2D eigenvalue weighted by molar-refractivity contribution is 7.57. The molecule has 0 heterocycles. The second-order valence-electron chi connectivity index (χ2n) is 1.88. The van der Waals surface area contributed by atoms with Crippen molar-refractivity contribution in [1.82, 2.24) is 0 Å². The summed E-state index contributed by atoms with van der Waals surface area (Å²) in [5.41, 5.74) is 0. The van der Waals surface area contributed by atoms with E-state index in [4.69, 9.17) is 16.5 Å². The summed E-state index contributed by atoms with van der Waals surface area (Å²) in [5, 5.41) is -0.564. The molecule has 0 spiro atoms. The molecule has 0 bridgehead atoms. The zero-order valence-corrected chi connectivity index (χ0v) is 7.88. The van der Waals surface area contributed by atoms with Crippen LogP contribution in [0.5, 0.6) is 0 Å². The molecule has 3 nitrogen and oxygen atoms in total. The Morgan fingerprint density at radius 1 is 1.70 bits per heavy atom. The van der Waals surface area contributed by atoms with Crippen molar-refractivity contribution in [3.8, 4) is 0 Å². The molecule has 0 aliphatic carbocycles. The van der Waals surface area contributed by atoms with Crippen LogP contribution in [0.1, 0.15) is 6.42 Å². The number of rotatable bonds is 3. The molecule has 0 saturated heterocycles. The fraction of sp³-hybridized carbons (Fsp3) is 0.750. The highest BCUT2D eigenvalue weighted by Gasteiger charge is 2.10. The van der Waals surface area contributed by atoms with Crippen molar-refractivity contribution < 1.29 is 14.3 Å². The van der Waals surface area contributed by atoms with E-state index in [0.717, 1.165) is 0 Å². The topological polar surface area (TPSA) is 54.4 Å². The lowest BCUT2D eigenvalue weighted by molar-refractivity contribution is -0.111. The van der Waals surface area contributed by atoms with Crippen LogP contribution in [0.2, 0.25) is 0 Å². The minimum atomic E-state index is -3.02.